The van der Waals surface area contributed by atoms with Crippen molar-refractivity contribution in [3.63, 3.8) is 0 Å². The smallest absolute Gasteiger partial charge is 0.316 e. The number of H-pyrrole nitrogens is 1. The highest BCUT2D eigenvalue weighted by molar-refractivity contribution is 6.08. The number of aromatic amines is 1. The molecule has 20 heavy (non-hydrogen) atoms. The van der Waals surface area contributed by atoms with Gasteiger partial charge in [0.25, 0.3) is 5.91 Å². The third kappa shape index (κ3) is 2.18. The minimum atomic E-state index is -0.266. The molecule has 0 radical (unpaired) electrons. The van der Waals surface area contributed by atoms with Gasteiger partial charge in [0.05, 0.1) is 18.4 Å². The van der Waals surface area contributed by atoms with Crippen LogP contribution in [-0.4, -0.2) is 28.0 Å². The summed E-state index contributed by atoms with van der Waals surface area (Å²) in [5.74, 6) is -0.266. The number of ether oxygens (including phenoxy) is 1. The number of benzene rings is 1. The highest BCUT2D eigenvalue weighted by Gasteiger charge is 2.10. The summed E-state index contributed by atoms with van der Waals surface area (Å²) in [5.41, 5.74) is 2.06. The SMILES string of the molecule is COc1ncc(C(=O)Nc2c[nH]c3ccccc23)cn1. The molecule has 3 rings (SSSR count). The predicted octanol–water partition coefficient (Wildman–Crippen LogP) is 2.22. The Balaban J connectivity index is 1.84. The Labute approximate surface area is 114 Å². The van der Waals surface area contributed by atoms with Crippen LogP contribution in [0.1, 0.15) is 10.4 Å². The summed E-state index contributed by atoms with van der Waals surface area (Å²) in [7, 11) is 1.47. The first-order chi connectivity index (χ1) is 9.78. The van der Waals surface area contributed by atoms with E-state index in [0.29, 0.717) is 5.56 Å². The van der Waals surface area contributed by atoms with Crippen LogP contribution in [0.2, 0.25) is 0 Å². The van der Waals surface area contributed by atoms with Crippen LogP contribution in [0.5, 0.6) is 6.01 Å². The number of para-hydroxylation sites is 1. The van der Waals surface area contributed by atoms with Gasteiger partial charge in [-0.15, -0.1) is 0 Å². The van der Waals surface area contributed by atoms with Gasteiger partial charge in [-0.05, 0) is 6.07 Å². The van der Waals surface area contributed by atoms with E-state index in [1.54, 1.807) is 6.20 Å². The van der Waals surface area contributed by atoms with Gasteiger partial charge < -0.3 is 15.0 Å². The summed E-state index contributed by atoms with van der Waals surface area (Å²) < 4.78 is 4.85. The third-order valence-corrected chi connectivity index (χ3v) is 2.91. The number of anilines is 1. The standard InChI is InChI=1S/C14H12N4O2/c1-20-14-16-6-9(7-17-14)13(19)18-12-8-15-11-5-3-2-4-10(11)12/h2-8,15H,1H3,(H,18,19). The van der Waals surface area contributed by atoms with Crippen LogP contribution in [0.3, 0.4) is 0 Å². The van der Waals surface area contributed by atoms with E-state index in [4.69, 9.17) is 4.74 Å². The van der Waals surface area contributed by atoms with Crippen molar-refractivity contribution in [3.05, 3.63) is 48.4 Å². The second kappa shape index (κ2) is 5.00. The summed E-state index contributed by atoms with van der Waals surface area (Å²) in [6, 6.07) is 7.96. The highest BCUT2D eigenvalue weighted by Crippen LogP contribution is 2.22. The molecule has 0 spiro atoms. The monoisotopic (exact) mass is 268 g/mol. The van der Waals surface area contributed by atoms with Gasteiger partial charge in [0.1, 0.15) is 0 Å². The molecule has 100 valence electrons. The maximum Gasteiger partial charge on any atom is 0.316 e. The molecule has 6 nitrogen and oxygen atoms in total. The Morgan fingerprint density at radius 3 is 2.75 bits per heavy atom. The molecule has 0 aliphatic heterocycles. The summed E-state index contributed by atoms with van der Waals surface area (Å²) >= 11 is 0. The fourth-order valence-corrected chi connectivity index (χ4v) is 1.91. The molecule has 0 saturated carbocycles. The summed E-state index contributed by atoms with van der Waals surface area (Å²) in [5, 5.41) is 3.78. The first-order valence-corrected chi connectivity index (χ1v) is 6.01. The van der Waals surface area contributed by atoms with Crippen molar-refractivity contribution in [2.75, 3.05) is 12.4 Å². The molecule has 0 saturated heterocycles. The zero-order valence-corrected chi connectivity index (χ0v) is 10.8. The maximum absolute atomic E-state index is 12.1. The second-order valence-corrected chi connectivity index (χ2v) is 4.16. The van der Waals surface area contributed by atoms with Crippen molar-refractivity contribution >= 4 is 22.5 Å². The summed E-state index contributed by atoms with van der Waals surface area (Å²) in [6.45, 7) is 0. The van der Waals surface area contributed by atoms with Gasteiger partial charge in [-0.3, -0.25) is 4.79 Å². The zero-order chi connectivity index (χ0) is 13.9. The number of carbonyl (C=O) groups excluding carboxylic acids is 1. The Morgan fingerprint density at radius 2 is 2.00 bits per heavy atom. The minimum Gasteiger partial charge on any atom is -0.467 e. The molecule has 1 amide bonds. The lowest BCUT2D eigenvalue weighted by Gasteiger charge is -2.03. The fourth-order valence-electron chi connectivity index (χ4n) is 1.91. The predicted molar refractivity (Wildman–Crippen MR) is 74.8 cm³/mol. The van der Waals surface area contributed by atoms with E-state index >= 15 is 0 Å². The summed E-state index contributed by atoms with van der Waals surface area (Å²) in [4.78, 5) is 23.0. The van der Waals surface area contributed by atoms with Gasteiger partial charge in [0.2, 0.25) is 0 Å². The Hall–Kier alpha value is -2.89. The lowest BCUT2D eigenvalue weighted by molar-refractivity contribution is 0.102. The normalized spacial score (nSPS) is 10.4. The number of amides is 1. The van der Waals surface area contributed by atoms with E-state index < -0.39 is 0 Å². The number of carbonyl (C=O) groups is 1. The number of nitrogens with zero attached hydrogens (tertiary/aromatic N) is 2. The first kappa shape index (κ1) is 12.2. The second-order valence-electron chi connectivity index (χ2n) is 4.16. The average molecular weight is 268 g/mol. The zero-order valence-electron chi connectivity index (χ0n) is 10.8. The van der Waals surface area contributed by atoms with E-state index in [-0.39, 0.29) is 11.9 Å². The number of methoxy groups -OCH3 is 1. The van der Waals surface area contributed by atoms with Crippen molar-refractivity contribution in [2.24, 2.45) is 0 Å². The van der Waals surface area contributed by atoms with E-state index in [2.05, 4.69) is 20.3 Å². The van der Waals surface area contributed by atoms with E-state index in [9.17, 15) is 4.79 Å². The average Bonchev–Trinajstić information content (AvgIpc) is 2.91. The molecular formula is C14H12N4O2. The van der Waals surface area contributed by atoms with Gasteiger partial charge in [-0.1, -0.05) is 18.2 Å². The number of hydrogen-bond acceptors (Lipinski definition) is 4. The first-order valence-electron chi connectivity index (χ1n) is 6.01. The van der Waals surface area contributed by atoms with Crippen molar-refractivity contribution in [1.29, 1.82) is 0 Å². The molecule has 0 aliphatic rings. The van der Waals surface area contributed by atoms with Gasteiger partial charge in [-0.25, -0.2) is 9.97 Å². The molecule has 0 unspecified atom stereocenters. The van der Waals surface area contributed by atoms with Crippen LogP contribution < -0.4 is 10.1 Å². The van der Waals surface area contributed by atoms with Crippen LogP contribution in [0, 0.1) is 0 Å². The molecule has 1 aromatic carbocycles. The van der Waals surface area contributed by atoms with Crippen LogP contribution in [-0.2, 0) is 0 Å². The molecule has 0 atom stereocenters. The fraction of sp³-hybridized carbons (Fsp3) is 0.0714. The minimum absolute atomic E-state index is 0.230. The lowest BCUT2D eigenvalue weighted by Crippen LogP contribution is -2.12. The van der Waals surface area contributed by atoms with Crippen LogP contribution in [0.15, 0.2) is 42.9 Å². The van der Waals surface area contributed by atoms with Crippen molar-refractivity contribution in [2.45, 2.75) is 0 Å². The quantitative estimate of drug-likeness (QED) is 0.763. The Bertz CT molecular complexity index is 749. The van der Waals surface area contributed by atoms with Gasteiger partial charge in [0.15, 0.2) is 0 Å². The number of hydrogen-bond donors (Lipinski definition) is 2. The maximum atomic E-state index is 12.1. The molecule has 6 heteroatoms. The van der Waals surface area contributed by atoms with Gasteiger partial charge in [-0.2, -0.15) is 0 Å². The van der Waals surface area contributed by atoms with Crippen molar-refractivity contribution in [3.8, 4) is 6.01 Å². The molecule has 0 aliphatic carbocycles. The molecule has 2 N–H and O–H groups in total. The number of aromatic nitrogens is 3. The largest absolute Gasteiger partial charge is 0.467 e. The molecular weight excluding hydrogens is 256 g/mol. The van der Waals surface area contributed by atoms with Crippen LogP contribution in [0.25, 0.3) is 10.9 Å². The van der Waals surface area contributed by atoms with Crippen LogP contribution >= 0.6 is 0 Å². The van der Waals surface area contributed by atoms with Gasteiger partial charge in [0, 0.05) is 29.5 Å². The Morgan fingerprint density at radius 1 is 1.25 bits per heavy atom. The van der Waals surface area contributed by atoms with Crippen molar-refractivity contribution in [1.82, 2.24) is 15.0 Å². The Kier molecular flexibility index (Phi) is 3.04. The van der Waals surface area contributed by atoms with E-state index in [1.165, 1.54) is 19.5 Å². The van der Waals surface area contributed by atoms with Gasteiger partial charge >= 0.3 is 6.01 Å². The number of fused-ring (bicyclic) bond motifs is 1. The van der Waals surface area contributed by atoms with Crippen LogP contribution in [0.4, 0.5) is 5.69 Å². The molecule has 2 aromatic heterocycles. The molecule has 0 fully saturated rings. The highest BCUT2D eigenvalue weighted by atomic mass is 16.5. The molecule has 2 heterocycles. The van der Waals surface area contributed by atoms with E-state index in [1.807, 2.05) is 24.3 Å². The van der Waals surface area contributed by atoms with Crippen molar-refractivity contribution < 1.29 is 9.53 Å². The lowest BCUT2D eigenvalue weighted by atomic mass is 10.2. The number of rotatable bonds is 3. The van der Waals surface area contributed by atoms with E-state index in [0.717, 1.165) is 16.6 Å². The third-order valence-electron chi connectivity index (χ3n) is 2.91. The summed E-state index contributed by atoms with van der Waals surface area (Å²) in [6.07, 6.45) is 4.61. The molecule has 0 bridgehead atoms. The topological polar surface area (TPSA) is 79.9 Å². The number of nitrogens with one attached hydrogen (secondary N) is 2. The molecule has 3 aromatic rings.